The van der Waals surface area contributed by atoms with Crippen LogP contribution >= 0.6 is 12.8 Å². The van der Waals surface area contributed by atoms with E-state index in [1.54, 1.807) is 12.1 Å². The number of sulfonamides is 1. The Morgan fingerprint density at radius 2 is 1.87 bits per heavy atom. The molecule has 0 radical (unpaired) electrons. The molecule has 0 saturated carbocycles. The highest BCUT2D eigenvalue weighted by atomic mass is 32.3. The molecular formula is C10H15NO2S2. The zero-order valence-electron chi connectivity index (χ0n) is 8.60. The Hall–Kier alpha value is -0.520. The van der Waals surface area contributed by atoms with Crippen molar-refractivity contribution >= 4 is 22.8 Å². The summed E-state index contributed by atoms with van der Waals surface area (Å²) in [6, 6.07) is 6.88. The van der Waals surface area contributed by atoms with Crippen LogP contribution < -0.4 is 4.13 Å². The first-order valence-electron chi connectivity index (χ1n) is 4.85. The Kier molecular flexibility index (Phi) is 4.63. The van der Waals surface area contributed by atoms with Crippen LogP contribution in [-0.2, 0) is 16.4 Å². The van der Waals surface area contributed by atoms with Crippen LogP contribution in [0, 0.1) is 0 Å². The molecule has 0 fully saturated rings. The number of hydrogen-bond acceptors (Lipinski definition) is 3. The Morgan fingerprint density at radius 3 is 2.33 bits per heavy atom. The number of benzene rings is 1. The fourth-order valence-electron chi connectivity index (χ4n) is 1.27. The minimum absolute atomic E-state index is 0.248. The Labute approximate surface area is 96.5 Å². The first-order valence-corrected chi connectivity index (χ1v) is 6.78. The number of unbranched alkanes of at least 4 members (excludes halogenated alkanes) is 1. The van der Waals surface area contributed by atoms with Crippen LogP contribution in [0.4, 0.5) is 0 Å². The molecule has 1 aromatic carbocycles. The van der Waals surface area contributed by atoms with E-state index in [1.807, 2.05) is 16.3 Å². The van der Waals surface area contributed by atoms with Gasteiger partial charge in [0.05, 0.1) is 4.90 Å². The van der Waals surface area contributed by atoms with Crippen LogP contribution in [-0.4, -0.2) is 8.42 Å². The van der Waals surface area contributed by atoms with E-state index in [-0.39, 0.29) is 4.90 Å². The lowest BCUT2D eigenvalue weighted by atomic mass is 10.1. The number of hydrogen-bond donors (Lipinski definition) is 2. The number of rotatable bonds is 5. The Bertz CT molecular complexity index is 398. The van der Waals surface area contributed by atoms with Gasteiger partial charge in [0.2, 0.25) is 10.0 Å². The molecule has 0 atom stereocenters. The molecule has 0 aromatic heterocycles. The van der Waals surface area contributed by atoms with Crippen LogP contribution in [0.1, 0.15) is 25.3 Å². The van der Waals surface area contributed by atoms with Crippen molar-refractivity contribution in [2.24, 2.45) is 0 Å². The molecule has 0 amide bonds. The molecule has 1 rings (SSSR count). The van der Waals surface area contributed by atoms with E-state index in [1.165, 1.54) is 0 Å². The highest BCUT2D eigenvalue weighted by Gasteiger charge is 2.10. The fraction of sp³-hybridized carbons (Fsp3) is 0.400. The standard InChI is InChI=1S/C10H15NO2S2/c1-2-3-4-9-5-7-10(8-6-9)15(12,13)11-14/h5-8,11,14H,2-4H2,1H3. The van der Waals surface area contributed by atoms with Gasteiger partial charge >= 0.3 is 0 Å². The van der Waals surface area contributed by atoms with Gasteiger partial charge in [-0.05, 0) is 30.5 Å². The normalized spacial score (nSPS) is 11.6. The summed E-state index contributed by atoms with van der Waals surface area (Å²) in [5.41, 5.74) is 1.16. The monoisotopic (exact) mass is 245 g/mol. The van der Waals surface area contributed by atoms with Gasteiger partial charge in [0.1, 0.15) is 0 Å². The zero-order chi connectivity index (χ0) is 11.3. The van der Waals surface area contributed by atoms with Crippen LogP contribution in [0.5, 0.6) is 0 Å². The topological polar surface area (TPSA) is 46.2 Å². The summed E-state index contributed by atoms with van der Waals surface area (Å²) in [4.78, 5) is 0.248. The number of aryl methyl sites for hydroxylation is 1. The molecular weight excluding hydrogens is 230 g/mol. The average Bonchev–Trinajstić information content (AvgIpc) is 2.27. The first-order chi connectivity index (χ1) is 7.10. The van der Waals surface area contributed by atoms with E-state index < -0.39 is 10.0 Å². The molecule has 84 valence electrons. The maximum absolute atomic E-state index is 11.3. The van der Waals surface area contributed by atoms with E-state index in [9.17, 15) is 8.42 Å². The smallest absolute Gasteiger partial charge is 0.206 e. The van der Waals surface area contributed by atoms with E-state index in [0.717, 1.165) is 24.8 Å². The van der Waals surface area contributed by atoms with Gasteiger partial charge in [-0.15, -0.1) is 0 Å². The molecule has 0 aliphatic rings. The van der Waals surface area contributed by atoms with Gasteiger partial charge in [-0.1, -0.05) is 38.3 Å². The molecule has 0 aliphatic heterocycles. The maximum Gasteiger partial charge on any atom is 0.249 e. The van der Waals surface area contributed by atoms with Crippen LogP contribution in [0.2, 0.25) is 0 Å². The minimum Gasteiger partial charge on any atom is -0.206 e. The summed E-state index contributed by atoms with van der Waals surface area (Å²) < 4.78 is 24.7. The molecule has 0 spiro atoms. The van der Waals surface area contributed by atoms with Crippen molar-refractivity contribution in [3.05, 3.63) is 29.8 Å². The van der Waals surface area contributed by atoms with E-state index in [0.29, 0.717) is 0 Å². The third-order valence-corrected chi connectivity index (χ3v) is 4.03. The summed E-state index contributed by atoms with van der Waals surface area (Å²) >= 11 is 3.56. The summed E-state index contributed by atoms with van der Waals surface area (Å²) in [7, 11) is -3.42. The van der Waals surface area contributed by atoms with Gasteiger partial charge in [0, 0.05) is 0 Å². The summed E-state index contributed by atoms with van der Waals surface area (Å²) in [6.07, 6.45) is 3.25. The first kappa shape index (κ1) is 12.5. The summed E-state index contributed by atoms with van der Waals surface area (Å²) in [5.74, 6) is 0. The molecule has 5 heteroatoms. The lowest BCUT2D eigenvalue weighted by Crippen LogP contribution is -2.13. The molecule has 0 unspecified atom stereocenters. The SMILES string of the molecule is CCCCc1ccc(S(=O)(=O)NS)cc1. The average molecular weight is 245 g/mol. The predicted molar refractivity (Wildman–Crippen MR) is 64.4 cm³/mol. The van der Waals surface area contributed by atoms with E-state index >= 15 is 0 Å². The van der Waals surface area contributed by atoms with Crippen molar-refractivity contribution in [3.63, 3.8) is 0 Å². The largest absolute Gasteiger partial charge is 0.249 e. The maximum atomic E-state index is 11.3. The Morgan fingerprint density at radius 1 is 1.27 bits per heavy atom. The second-order valence-electron chi connectivity index (χ2n) is 3.34. The van der Waals surface area contributed by atoms with E-state index in [2.05, 4.69) is 19.7 Å². The van der Waals surface area contributed by atoms with Crippen LogP contribution in [0.25, 0.3) is 0 Å². The summed E-state index contributed by atoms with van der Waals surface area (Å²) in [6.45, 7) is 2.13. The van der Waals surface area contributed by atoms with Crippen molar-refractivity contribution < 1.29 is 8.42 Å². The van der Waals surface area contributed by atoms with Crippen molar-refractivity contribution in [1.82, 2.24) is 4.13 Å². The van der Waals surface area contributed by atoms with Gasteiger partial charge in [0.15, 0.2) is 0 Å². The minimum atomic E-state index is -3.42. The van der Waals surface area contributed by atoms with Gasteiger partial charge in [-0.2, -0.15) is 4.13 Å². The second-order valence-corrected chi connectivity index (χ2v) is 5.55. The molecule has 3 nitrogen and oxygen atoms in total. The highest BCUT2D eigenvalue weighted by Crippen LogP contribution is 2.12. The van der Waals surface area contributed by atoms with Crippen molar-refractivity contribution in [1.29, 1.82) is 0 Å². The second kappa shape index (κ2) is 5.53. The zero-order valence-corrected chi connectivity index (χ0v) is 10.3. The van der Waals surface area contributed by atoms with E-state index in [4.69, 9.17) is 0 Å². The number of nitrogens with one attached hydrogen (secondary N) is 1. The quantitative estimate of drug-likeness (QED) is 0.781. The molecule has 0 bridgehead atoms. The van der Waals surface area contributed by atoms with Crippen molar-refractivity contribution in [2.75, 3.05) is 0 Å². The summed E-state index contributed by atoms with van der Waals surface area (Å²) in [5, 5.41) is 0. The molecule has 1 aromatic rings. The highest BCUT2D eigenvalue weighted by molar-refractivity contribution is 8.00. The molecule has 0 aliphatic carbocycles. The van der Waals surface area contributed by atoms with Gasteiger partial charge in [0.25, 0.3) is 0 Å². The van der Waals surface area contributed by atoms with Gasteiger partial charge in [-0.25, -0.2) is 8.42 Å². The van der Waals surface area contributed by atoms with Crippen LogP contribution in [0.3, 0.4) is 0 Å². The molecule has 0 saturated heterocycles. The number of thiol groups is 1. The lowest BCUT2D eigenvalue weighted by Gasteiger charge is -2.03. The van der Waals surface area contributed by atoms with Crippen LogP contribution in [0.15, 0.2) is 29.2 Å². The van der Waals surface area contributed by atoms with Crippen molar-refractivity contribution in [2.45, 2.75) is 31.1 Å². The Balaban J connectivity index is 2.81. The lowest BCUT2D eigenvalue weighted by molar-refractivity contribution is 0.594. The van der Waals surface area contributed by atoms with Gasteiger partial charge < -0.3 is 0 Å². The third-order valence-electron chi connectivity index (χ3n) is 2.17. The third kappa shape index (κ3) is 3.52. The molecule has 15 heavy (non-hydrogen) atoms. The van der Waals surface area contributed by atoms with Gasteiger partial charge in [-0.3, -0.25) is 0 Å². The van der Waals surface area contributed by atoms with Crippen molar-refractivity contribution in [3.8, 4) is 0 Å². The molecule has 0 heterocycles. The predicted octanol–water partition coefficient (Wildman–Crippen LogP) is 2.15. The fourth-order valence-corrected chi connectivity index (χ4v) is 2.18. The molecule has 1 N–H and O–H groups in total.